The summed E-state index contributed by atoms with van der Waals surface area (Å²) in [7, 11) is -3.37. The average molecular weight is 355 g/mol. The van der Waals surface area contributed by atoms with Crippen LogP contribution in [0.4, 0.5) is 0 Å². The SMILES string of the molecule is Cc1ccc(CS(=O)(=O)NCc2ccc(-n3ccnc3C)cc2)cc1. The Bertz CT molecular complexity index is 943. The second-order valence-electron chi connectivity index (χ2n) is 6.08. The molecule has 0 atom stereocenters. The van der Waals surface area contributed by atoms with Gasteiger partial charge in [-0.3, -0.25) is 0 Å². The van der Waals surface area contributed by atoms with Crippen molar-refractivity contribution >= 4 is 10.0 Å². The molecule has 0 aliphatic rings. The van der Waals surface area contributed by atoms with E-state index in [2.05, 4.69) is 9.71 Å². The molecule has 0 radical (unpaired) electrons. The van der Waals surface area contributed by atoms with Gasteiger partial charge >= 0.3 is 0 Å². The number of aromatic nitrogens is 2. The molecule has 0 unspecified atom stereocenters. The Balaban J connectivity index is 1.62. The number of aryl methyl sites for hydroxylation is 2. The molecule has 130 valence electrons. The lowest BCUT2D eigenvalue weighted by Crippen LogP contribution is -2.24. The molecule has 0 saturated heterocycles. The summed E-state index contributed by atoms with van der Waals surface area (Å²) < 4.78 is 29.1. The van der Waals surface area contributed by atoms with Gasteiger partial charge in [-0.2, -0.15) is 0 Å². The molecule has 1 aromatic heterocycles. The van der Waals surface area contributed by atoms with Gasteiger partial charge < -0.3 is 4.57 Å². The lowest BCUT2D eigenvalue weighted by molar-refractivity contribution is 0.580. The third kappa shape index (κ3) is 4.55. The molecule has 0 aliphatic heterocycles. The highest BCUT2D eigenvalue weighted by Crippen LogP contribution is 2.12. The largest absolute Gasteiger partial charge is 0.304 e. The van der Waals surface area contributed by atoms with Crippen molar-refractivity contribution in [3.05, 3.63) is 83.4 Å². The fourth-order valence-electron chi connectivity index (χ4n) is 2.57. The first-order valence-electron chi connectivity index (χ1n) is 8.05. The Kier molecular flexibility index (Phi) is 5.01. The Labute approximate surface area is 148 Å². The van der Waals surface area contributed by atoms with Crippen LogP contribution in [-0.4, -0.2) is 18.0 Å². The van der Waals surface area contributed by atoms with Crippen molar-refractivity contribution in [1.82, 2.24) is 14.3 Å². The van der Waals surface area contributed by atoms with Crippen LogP contribution in [0.2, 0.25) is 0 Å². The van der Waals surface area contributed by atoms with Crippen molar-refractivity contribution in [3.63, 3.8) is 0 Å². The molecule has 5 nitrogen and oxygen atoms in total. The van der Waals surface area contributed by atoms with Crippen LogP contribution in [0.5, 0.6) is 0 Å². The summed E-state index contributed by atoms with van der Waals surface area (Å²) in [6.45, 7) is 4.19. The minimum absolute atomic E-state index is 0.0143. The van der Waals surface area contributed by atoms with Crippen molar-refractivity contribution in [1.29, 1.82) is 0 Å². The van der Waals surface area contributed by atoms with Crippen molar-refractivity contribution in [2.24, 2.45) is 0 Å². The summed E-state index contributed by atoms with van der Waals surface area (Å²) in [5.41, 5.74) is 3.81. The van der Waals surface area contributed by atoms with Crippen LogP contribution >= 0.6 is 0 Å². The van der Waals surface area contributed by atoms with Gasteiger partial charge in [-0.15, -0.1) is 0 Å². The molecular formula is C19H21N3O2S. The van der Waals surface area contributed by atoms with Crippen molar-refractivity contribution in [2.75, 3.05) is 0 Å². The molecule has 0 aliphatic carbocycles. The topological polar surface area (TPSA) is 64.0 Å². The first-order valence-corrected chi connectivity index (χ1v) is 9.70. The number of nitrogens with one attached hydrogen (secondary N) is 1. The molecule has 0 saturated carbocycles. The number of benzene rings is 2. The Morgan fingerprint density at radius 1 is 0.960 bits per heavy atom. The van der Waals surface area contributed by atoms with E-state index in [9.17, 15) is 8.42 Å². The minimum atomic E-state index is -3.37. The highest BCUT2D eigenvalue weighted by atomic mass is 32.2. The summed E-state index contributed by atoms with van der Waals surface area (Å²) in [5.74, 6) is 0.895. The second-order valence-corrected chi connectivity index (χ2v) is 7.88. The van der Waals surface area contributed by atoms with E-state index in [4.69, 9.17) is 0 Å². The van der Waals surface area contributed by atoms with Gasteiger partial charge in [-0.1, -0.05) is 42.0 Å². The number of rotatable bonds is 6. The minimum Gasteiger partial charge on any atom is -0.304 e. The second kappa shape index (κ2) is 7.21. The zero-order valence-electron chi connectivity index (χ0n) is 14.3. The molecule has 3 rings (SSSR count). The third-order valence-electron chi connectivity index (χ3n) is 4.01. The zero-order chi connectivity index (χ0) is 17.9. The standard InChI is InChI=1S/C19H21N3O2S/c1-15-3-5-18(6-4-15)14-25(23,24)21-13-17-7-9-19(10-8-17)22-12-11-20-16(22)2/h3-12,21H,13-14H2,1-2H3. The molecule has 0 spiro atoms. The maximum atomic E-state index is 12.2. The molecular weight excluding hydrogens is 334 g/mol. The molecule has 0 bridgehead atoms. The lowest BCUT2D eigenvalue weighted by Gasteiger charge is -2.09. The van der Waals surface area contributed by atoms with Crippen molar-refractivity contribution in [3.8, 4) is 5.69 Å². The summed E-state index contributed by atoms with van der Waals surface area (Å²) >= 11 is 0. The van der Waals surface area contributed by atoms with E-state index in [1.54, 1.807) is 6.20 Å². The highest BCUT2D eigenvalue weighted by molar-refractivity contribution is 7.88. The smallest absolute Gasteiger partial charge is 0.216 e. The number of hydrogen-bond donors (Lipinski definition) is 1. The van der Waals surface area contributed by atoms with E-state index < -0.39 is 10.0 Å². The Morgan fingerprint density at radius 3 is 2.20 bits per heavy atom. The quantitative estimate of drug-likeness (QED) is 0.739. The molecule has 1 N–H and O–H groups in total. The number of nitrogens with zero attached hydrogens (tertiary/aromatic N) is 2. The van der Waals surface area contributed by atoms with Gasteiger partial charge in [-0.25, -0.2) is 18.1 Å². The lowest BCUT2D eigenvalue weighted by atomic mass is 10.2. The molecule has 1 heterocycles. The van der Waals surface area contributed by atoms with E-state index >= 15 is 0 Å². The normalized spacial score (nSPS) is 11.6. The summed E-state index contributed by atoms with van der Waals surface area (Å²) in [6, 6.07) is 15.3. The number of sulfonamides is 1. The van der Waals surface area contributed by atoms with Gasteiger partial charge in [-0.05, 0) is 37.1 Å². The van der Waals surface area contributed by atoms with Gasteiger partial charge in [0.25, 0.3) is 0 Å². The van der Waals surface area contributed by atoms with E-state index in [-0.39, 0.29) is 12.3 Å². The molecule has 0 fully saturated rings. The molecule has 2 aromatic carbocycles. The fourth-order valence-corrected chi connectivity index (χ4v) is 3.69. The van der Waals surface area contributed by atoms with Crippen LogP contribution in [0.3, 0.4) is 0 Å². The first kappa shape index (κ1) is 17.4. The van der Waals surface area contributed by atoms with Gasteiger partial charge in [0.05, 0.1) is 5.75 Å². The molecule has 6 heteroatoms. The summed E-state index contributed by atoms with van der Waals surface area (Å²) in [6.07, 6.45) is 3.65. The van der Waals surface area contributed by atoms with Crippen LogP contribution in [0, 0.1) is 13.8 Å². The van der Waals surface area contributed by atoms with E-state index in [1.165, 1.54) is 0 Å². The van der Waals surface area contributed by atoms with Crippen molar-refractivity contribution in [2.45, 2.75) is 26.1 Å². The Morgan fingerprint density at radius 2 is 1.60 bits per heavy atom. The maximum absolute atomic E-state index is 12.2. The summed E-state index contributed by atoms with van der Waals surface area (Å²) in [5, 5.41) is 0. The number of hydrogen-bond acceptors (Lipinski definition) is 3. The number of imidazole rings is 1. The Hall–Kier alpha value is -2.44. The highest BCUT2D eigenvalue weighted by Gasteiger charge is 2.11. The van der Waals surface area contributed by atoms with E-state index in [0.29, 0.717) is 0 Å². The summed E-state index contributed by atoms with van der Waals surface area (Å²) in [4.78, 5) is 4.20. The monoisotopic (exact) mass is 355 g/mol. The molecule has 3 aromatic rings. The van der Waals surface area contributed by atoms with Crippen LogP contribution in [0.1, 0.15) is 22.5 Å². The van der Waals surface area contributed by atoms with Crippen molar-refractivity contribution < 1.29 is 8.42 Å². The van der Waals surface area contributed by atoms with E-state index in [1.807, 2.05) is 73.1 Å². The molecule has 0 amide bonds. The van der Waals surface area contributed by atoms with E-state index in [0.717, 1.165) is 28.2 Å². The molecule has 25 heavy (non-hydrogen) atoms. The van der Waals surface area contributed by atoms with Crippen LogP contribution in [-0.2, 0) is 22.3 Å². The zero-order valence-corrected chi connectivity index (χ0v) is 15.1. The van der Waals surface area contributed by atoms with Gasteiger partial charge in [0, 0.05) is 24.6 Å². The fraction of sp³-hybridized carbons (Fsp3) is 0.211. The van der Waals surface area contributed by atoms with Crippen LogP contribution in [0.25, 0.3) is 5.69 Å². The van der Waals surface area contributed by atoms with Gasteiger partial charge in [0.2, 0.25) is 10.0 Å². The average Bonchev–Trinajstić information content (AvgIpc) is 3.02. The third-order valence-corrected chi connectivity index (χ3v) is 5.31. The predicted octanol–water partition coefficient (Wildman–Crippen LogP) is 3.11. The maximum Gasteiger partial charge on any atom is 0.216 e. The predicted molar refractivity (Wildman–Crippen MR) is 98.9 cm³/mol. The van der Waals surface area contributed by atoms with Gasteiger partial charge in [0.15, 0.2) is 0 Å². The first-order chi connectivity index (χ1) is 11.9. The van der Waals surface area contributed by atoms with Crippen LogP contribution < -0.4 is 4.72 Å². The van der Waals surface area contributed by atoms with Gasteiger partial charge in [0.1, 0.15) is 5.82 Å². The van der Waals surface area contributed by atoms with Crippen LogP contribution in [0.15, 0.2) is 60.9 Å².